The molecule has 0 saturated carbocycles. The summed E-state index contributed by atoms with van der Waals surface area (Å²) in [6.45, 7) is 3.66. The Balaban J connectivity index is 2.00. The Morgan fingerprint density at radius 1 is 1.20 bits per heavy atom. The van der Waals surface area contributed by atoms with E-state index in [4.69, 9.17) is 16.3 Å². The molecule has 0 aromatic heterocycles. The third-order valence-electron chi connectivity index (χ3n) is 3.70. The van der Waals surface area contributed by atoms with Crippen LogP contribution in [0.4, 0.5) is 0 Å². The minimum absolute atomic E-state index is 0.170. The molecule has 0 radical (unpaired) electrons. The molecule has 3 heteroatoms. The number of hydrogen-bond donors (Lipinski definition) is 1. The van der Waals surface area contributed by atoms with Gasteiger partial charge in [0, 0.05) is 11.6 Å². The quantitative estimate of drug-likeness (QED) is 0.922. The fourth-order valence-electron chi connectivity index (χ4n) is 2.78. The van der Waals surface area contributed by atoms with Gasteiger partial charge >= 0.3 is 0 Å². The highest BCUT2D eigenvalue weighted by Crippen LogP contribution is 2.34. The first-order chi connectivity index (χ1) is 9.79. The second-order valence-corrected chi connectivity index (χ2v) is 5.36. The van der Waals surface area contributed by atoms with E-state index in [-0.39, 0.29) is 6.04 Å². The first-order valence-corrected chi connectivity index (χ1v) is 7.41. The Morgan fingerprint density at radius 3 is 2.85 bits per heavy atom. The fourth-order valence-corrected chi connectivity index (χ4v) is 3.03. The van der Waals surface area contributed by atoms with Crippen LogP contribution >= 0.6 is 11.6 Å². The van der Waals surface area contributed by atoms with Crippen LogP contribution < -0.4 is 10.1 Å². The van der Waals surface area contributed by atoms with Crippen LogP contribution in [0.1, 0.15) is 29.7 Å². The second-order valence-electron chi connectivity index (χ2n) is 4.95. The van der Waals surface area contributed by atoms with Crippen molar-refractivity contribution in [2.24, 2.45) is 0 Å². The average Bonchev–Trinajstić information content (AvgIpc) is 2.47. The minimum atomic E-state index is 0.170. The van der Waals surface area contributed by atoms with E-state index in [1.165, 1.54) is 11.1 Å². The Hall–Kier alpha value is -1.51. The predicted molar refractivity (Wildman–Crippen MR) is 82.6 cm³/mol. The van der Waals surface area contributed by atoms with E-state index in [0.717, 1.165) is 29.3 Å². The van der Waals surface area contributed by atoms with Crippen LogP contribution in [0.2, 0.25) is 5.02 Å². The van der Waals surface area contributed by atoms with Crippen molar-refractivity contribution in [1.82, 2.24) is 5.32 Å². The van der Waals surface area contributed by atoms with Gasteiger partial charge in [-0.1, -0.05) is 35.9 Å². The molecule has 1 unspecified atom stereocenters. The lowest BCUT2D eigenvalue weighted by atomic mass is 9.90. The van der Waals surface area contributed by atoms with Crippen molar-refractivity contribution >= 4 is 11.6 Å². The van der Waals surface area contributed by atoms with Crippen molar-refractivity contribution in [3.63, 3.8) is 0 Å². The van der Waals surface area contributed by atoms with Gasteiger partial charge in [0.2, 0.25) is 0 Å². The predicted octanol–water partition coefficient (Wildman–Crippen LogP) is 3.97. The molecule has 1 atom stereocenters. The first-order valence-electron chi connectivity index (χ1n) is 7.03. The lowest BCUT2D eigenvalue weighted by molar-refractivity contribution is 0.339. The lowest BCUT2D eigenvalue weighted by Gasteiger charge is -2.28. The standard InChI is InChI=1S/C17H18ClNO/c1-2-20-13-7-8-14-12(11-13)9-10-19-17(14)15-5-3-4-6-16(15)18/h3-8,11,17,19H,2,9-10H2,1H3. The highest BCUT2D eigenvalue weighted by molar-refractivity contribution is 6.31. The minimum Gasteiger partial charge on any atom is -0.494 e. The van der Waals surface area contributed by atoms with Crippen LogP contribution in [0.15, 0.2) is 42.5 Å². The van der Waals surface area contributed by atoms with E-state index in [9.17, 15) is 0 Å². The van der Waals surface area contributed by atoms with Crippen LogP contribution in [0.3, 0.4) is 0 Å². The summed E-state index contributed by atoms with van der Waals surface area (Å²) >= 11 is 6.34. The van der Waals surface area contributed by atoms with Crippen molar-refractivity contribution in [3.8, 4) is 5.75 Å². The molecule has 0 saturated heterocycles. The normalized spacial score (nSPS) is 17.6. The molecule has 0 amide bonds. The molecule has 1 N–H and O–H groups in total. The molecule has 0 aliphatic carbocycles. The van der Waals surface area contributed by atoms with E-state index < -0.39 is 0 Å². The summed E-state index contributed by atoms with van der Waals surface area (Å²) in [5, 5.41) is 4.37. The summed E-state index contributed by atoms with van der Waals surface area (Å²) in [5.41, 5.74) is 3.78. The van der Waals surface area contributed by atoms with E-state index in [0.29, 0.717) is 6.61 Å². The van der Waals surface area contributed by atoms with Crippen molar-refractivity contribution in [1.29, 1.82) is 0 Å². The molecule has 20 heavy (non-hydrogen) atoms. The van der Waals surface area contributed by atoms with Crippen LogP contribution in [0.25, 0.3) is 0 Å². The molecule has 1 heterocycles. The van der Waals surface area contributed by atoms with Gasteiger partial charge in [0.05, 0.1) is 12.6 Å². The zero-order valence-electron chi connectivity index (χ0n) is 11.5. The third kappa shape index (κ3) is 2.54. The van der Waals surface area contributed by atoms with Crippen LogP contribution in [0.5, 0.6) is 5.75 Å². The summed E-state index contributed by atoms with van der Waals surface area (Å²) in [4.78, 5) is 0. The van der Waals surface area contributed by atoms with Crippen LogP contribution in [0, 0.1) is 0 Å². The lowest BCUT2D eigenvalue weighted by Crippen LogP contribution is -2.30. The molecule has 2 aromatic rings. The highest BCUT2D eigenvalue weighted by Gasteiger charge is 2.23. The van der Waals surface area contributed by atoms with E-state index in [2.05, 4.69) is 23.5 Å². The third-order valence-corrected chi connectivity index (χ3v) is 4.04. The molecular weight excluding hydrogens is 270 g/mol. The van der Waals surface area contributed by atoms with Gasteiger partial charge in [-0.05, 0) is 48.2 Å². The number of nitrogens with one attached hydrogen (secondary N) is 1. The summed E-state index contributed by atoms with van der Waals surface area (Å²) in [7, 11) is 0. The number of benzene rings is 2. The number of halogens is 1. The molecule has 104 valence electrons. The van der Waals surface area contributed by atoms with Gasteiger partial charge in [0.15, 0.2) is 0 Å². The summed E-state index contributed by atoms with van der Waals surface area (Å²) in [6, 6.07) is 14.6. The largest absolute Gasteiger partial charge is 0.494 e. The molecule has 0 fully saturated rings. The monoisotopic (exact) mass is 287 g/mol. The number of ether oxygens (including phenoxy) is 1. The number of hydrogen-bond acceptors (Lipinski definition) is 2. The summed E-state index contributed by atoms with van der Waals surface area (Å²) < 4.78 is 5.59. The average molecular weight is 288 g/mol. The zero-order chi connectivity index (χ0) is 13.9. The maximum Gasteiger partial charge on any atom is 0.119 e. The molecule has 1 aliphatic heterocycles. The smallest absolute Gasteiger partial charge is 0.119 e. The molecule has 2 aromatic carbocycles. The van der Waals surface area contributed by atoms with Gasteiger partial charge in [-0.2, -0.15) is 0 Å². The topological polar surface area (TPSA) is 21.3 Å². The van der Waals surface area contributed by atoms with E-state index >= 15 is 0 Å². The van der Waals surface area contributed by atoms with Gasteiger partial charge in [-0.3, -0.25) is 0 Å². The zero-order valence-corrected chi connectivity index (χ0v) is 12.3. The SMILES string of the molecule is CCOc1ccc2c(c1)CCNC2c1ccccc1Cl. The van der Waals surface area contributed by atoms with Crippen molar-refractivity contribution in [2.45, 2.75) is 19.4 Å². The Kier molecular flexibility index (Phi) is 3.95. The number of rotatable bonds is 3. The molecule has 0 bridgehead atoms. The Bertz CT molecular complexity index is 612. The van der Waals surface area contributed by atoms with E-state index in [1.54, 1.807) is 0 Å². The van der Waals surface area contributed by atoms with Crippen LogP contribution in [-0.2, 0) is 6.42 Å². The summed E-state index contributed by atoms with van der Waals surface area (Å²) in [6.07, 6.45) is 1.03. The van der Waals surface area contributed by atoms with Crippen LogP contribution in [-0.4, -0.2) is 13.2 Å². The first kappa shape index (κ1) is 13.5. The van der Waals surface area contributed by atoms with E-state index in [1.807, 2.05) is 31.2 Å². The molecule has 1 aliphatic rings. The van der Waals surface area contributed by atoms with Gasteiger partial charge in [-0.25, -0.2) is 0 Å². The highest BCUT2D eigenvalue weighted by atomic mass is 35.5. The Labute approximate surface area is 124 Å². The van der Waals surface area contributed by atoms with Gasteiger partial charge in [0.1, 0.15) is 5.75 Å². The van der Waals surface area contributed by atoms with Gasteiger partial charge < -0.3 is 10.1 Å². The van der Waals surface area contributed by atoms with Gasteiger partial charge in [0.25, 0.3) is 0 Å². The fraction of sp³-hybridized carbons (Fsp3) is 0.294. The molecular formula is C17H18ClNO. The van der Waals surface area contributed by atoms with Crippen molar-refractivity contribution in [3.05, 3.63) is 64.2 Å². The second kappa shape index (κ2) is 5.86. The molecule has 2 nitrogen and oxygen atoms in total. The number of fused-ring (bicyclic) bond motifs is 1. The molecule has 3 rings (SSSR count). The maximum atomic E-state index is 6.34. The van der Waals surface area contributed by atoms with Crippen molar-refractivity contribution < 1.29 is 4.74 Å². The van der Waals surface area contributed by atoms with Gasteiger partial charge in [-0.15, -0.1) is 0 Å². The maximum absolute atomic E-state index is 6.34. The molecule has 0 spiro atoms. The van der Waals surface area contributed by atoms with Crippen molar-refractivity contribution in [2.75, 3.05) is 13.2 Å². The summed E-state index contributed by atoms with van der Waals surface area (Å²) in [5.74, 6) is 0.950. The Morgan fingerprint density at radius 2 is 2.05 bits per heavy atom.